The minimum atomic E-state index is -0.445. The van der Waals surface area contributed by atoms with Gasteiger partial charge < -0.3 is 10.2 Å². The standard InChI is InChI=1S/C16H17Cl2N3O/c1-11-3-2-6-21(9-11)10-12(8-19)16(22)20-13-4-5-14(17)15(18)7-13/h4-5,7,10-11H,2-3,6,9H2,1H3,(H,20,22)/b12-10-. The molecule has 1 aliphatic heterocycles. The molecule has 1 saturated heterocycles. The van der Waals surface area contributed by atoms with Gasteiger partial charge in [0.25, 0.3) is 5.91 Å². The number of carbonyl (C=O) groups excluding carboxylic acids is 1. The molecule has 22 heavy (non-hydrogen) atoms. The lowest BCUT2D eigenvalue weighted by molar-refractivity contribution is -0.112. The lowest BCUT2D eigenvalue weighted by Crippen LogP contribution is -2.31. The predicted molar refractivity (Wildman–Crippen MR) is 88.8 cm³/mol. The van der Waals surface area contributed by atoms with Crippen LogP contribution in [0.15, 0.2) is 30.0 Å². The summed E-state index contributed by atoms with van der Waals surface area (Å²) < 4.78 is 0. The highest BCUT2D eigenvalue weighted by molar-refractivity contribution is 6.42. The number of nitriles is 1. The fraction of sp³-hybridized carbons (Fsp3) is 0.375. The molecule has 1 unspecified atom stereocenters. The smallest absolute Gasteiger partial charge is 0.267 e. The molecule has 0 saturated carbocycles. The molecule has 0 radical (unpaired) electrons. The molecule has 1 atom stereocenters. The summed E-state index contributed by atoms with van der Waals surface area (Å²) in [6, 6.07) is 6.76. The maximum absolute atomic E-state index is 12.2. The van der Waals surface area contributed by atoms with E-state index >= 15 is 0 Å². The number of benzene rings is 1. The molecule has 1 aromatic rings. The maximum Gasteiger partial charge on any atom is 0.267 e. The first-order valence-electron chi connectivity index (χ1n) is 7.12. The van der Waals surface area contributed by atoms with E-state index in [0.29, 0.717) is 21.7 Å². The van der Waals surface area contributed by atoms with Crippen LogP contribution in [0.3, 0.4) is 0 Å². The Kier molecular flexibility index (Phi) is 5.70. The molecule has 2 rings (SSSR count). The average molecular weight is 338 g/mol. The third kappa shape index (κ3) is 4.40. The minimum absolute atomic E-state index is 0.0835. The van der Waals surface area contributed by atoms with Gasteiger partial charge in [0, 0.05) is 25.0 Å². The SMILES string of the molecule is CC1CCCN(/C=C(/C#N)C(=O)Nc2ccc(Cl)c(Cl)c2)C1. The van der Waals surface area contributed by atoms with Crippen LogP contribution in [-0.2, 0) is 4.79 Å². The van der Waals surface area contributed by atoms with E-state index in [1.165, 1.54) is 6.42 Å². The molecule has 1 fully saturated rings. The summed E-state index contributed by atoms with van der Waals surface area (Å²) >= 11 is 11.7. The van der Waals surface area contributed by atoms with Crippen molar-refractivity contribution in [2.45, 2.75) is 19.8 Å². The monoisotopic (exact) mass is 337 g/mol. The molecule has 1 amide bonds. The fourth-order valence-electron chi connectivity index (χ4n) is 2.44. The van der Waals surface area contributed by atoms with Crippen molar-refractivity contribution in [1.29, 1.82) is 5.26 Å². The molecule has 1 N–H and O–H groups in total. The van der Waals surface area contributed by atoms with Crippen molar-refractivity contribution in [3.8, 4) is 6.07 Å². The van der Waals surface area contributed by atoms with Gasteiger partial charge in [-0.3, -0.25) is 4.79 Å². The second-order valence-electron chi connectivity index (χ2n) is 5.48. The van der Waals surface area contributed by atoms with E-state index in [0.717, 1.165) is 19.5 Å². The first-order chi connectivity index (χ1) is 10.5. The van der Waals surface area contributed by atoms with Gasteiger partial charge in [-0.05, 0) is 37.0 Å². The van der Waals surface area contributed by atoms with Crippen LogP contribution in [0.4, 0.5) is 5.69 Å². The van der Waals surface area contributed by atoms with Crippen molar-refractivity contribution >= 4 is 34.8 Å². The third-order valence-electron chi connectivity index (χ3n) is 3.54. The largest absolute Gasteiger partial charge is 0.376 e. The number of nitrogens with one attached hydrogen (secondary N) is 1. The lowest BCUT2D eigenvalue weighted by atomic mass is 10.0. The Hall–Kier alpha value is -1.70. The van der Waals surface area contributed by atoms with Crippen molar-refractivity contribution in [2.75, 3.05) is 18.4 Å². The number of carbonyl (C=O) groups is 1. The number of rotatable bonds is 3. The van der Waals surface area contributed by atoms with Crippen molar-refractivity contribution < 1.29 is 4.79 Å². The van der Waals surface area contributed by atoms with Crippen molar-refractivity contribution in [1.82, 2.24) is 4.90 Å². The van der Waals surface area contributed by atoms with Crippen LogP contribution in [-0.4, -0.2) is 23.9 Å². The third-order valence-corrected chi connectivity index (χ3v) is 4.28. The molecule has 116 valence electrons. The predicted octanol–water partition coefficient (Wildman–Crippen LogP) is 4.07. The van der Waals surface area contributed by atoms with Gasteiger partial charge >= 0.3 is 0 Å². The Balaban J connectivity index is 2.08. The van der Waals surface area contributed by atoms with Gasteiger partial charge in [-0.1, -0.05) is 30.1 Å². The van der Waals surface area contributed by atoms with E-state index in [9.17, 15) is 10.1 Å². The van der Waals surface area contributed by atoms with Gasteiger partial charge in [0.1, 0.15) is 11.6 Å². The number of hydrogen-bond acceptors (Lipinski definition) is 3. The molecule has 0 aromatic heterocycles. The van der Waals surface area contributed by atoms with E-state index in [1.807, 2.05) is 11.0 Å². The summed E-state index contributed by atoms with van der Waals surface area (Å²) in [4.78, 5) is 14.2. The Morgan fingerprint density at radius 1 is 1.45 bits per heavy atom. The first-order valence-corrected chi connectivity index (χ1v) is 7.87. The Morgan fingerprint density at radius 2 is 2.23 bits per heavy atom. The molecule has 0 bridgehead atoms. The number of likely N-dealkylation sites (tertiary alicyclic amines) is 1. The van der Waals surface area contributed by atoms with Crippen LogP contribution in [0.5, 0.6) is 0 Å². The Labute approximate surface area is 140 Å². The zero-order valence-electron chi connectivity index (χ0n) is 12.3. The molecule has 6 heteroatoms. The summed E-state index contributed by atoms with van der Waals surface area (Å²) in [5.41, 5.74) is 0.590. The number of hydrogen-bond donors (Lipinski definition) is 1. The van der Waals surface area contributed by atoms with Crippen LogP contribution in [0.2, 0.25) is 10.0 Å². The average Bonchev–Trinajstić information content (AvgIpc) is 2.48. The van der Waals surface area contributed by atoms with Crippen molar-refractivity contribution in [2.24, 2.45) is 5.92 Å². The number of amides is 1. The first kappa shape index (κ1) is 16.7. The molecule has 1 heterocycles. The summed E-state index contributed by atoms with van der Waals surface area (Å²) in [5, 5.41) is 12.6. The van der Waals surface area contributed by atoms with Gasteiger partial charge in [0.05, 0.1) is 10.0 Å². The highest BCUT2D eigenvalue weighted by atomic mass is 35.5. The second kappa shape index (κ2) is 7.53. The molecular weight excluding hydrogens is 321 g/mol. The quantitative estimate of drug-likeness (QED) is 0.668. The summed E-state index contributed by atoms with van der Waals surface area (Å²) in [6.45, 7) is 3.91. The van der Waals surface area contributed by atoms with Crippen LogP contribution in [0, 0.1) is 17.2 Å². The van der Waals surface area contributed by atoms with Crippen molar-refractivity contribution in [3.63, 3.8) is 0 Å². The number of piperidine rings is 1. The van der Waals surface area contributed by atoms with Crippen LogP contribution < -0.4 is 5.32 Å². The van der Waals surface area contributed by atoms with Gasteiger partial charge in [0.2, 0.25) is 0 Å². The van der Waals surface area contributed by atoms with E-state index in [-0.39, 0.29) is 5.57 Å². The van der Waals surface area contributed by atoms with Gasteiger partial charge in [0.15, 0.2) is 0 Å². The van der Waals surface area contributed by atoms with Gasteiger partial charge in [-0.2, -0.15) is 5.26 Å². The minimum Gasteiger partial charge on any atom is -0.376 e. The van der Waals surface area contributed by atoms with Crippen LogP contribution >= 0.6 is 23.2 Å². The molecular formula is C16H17Cl2N3O. The fourth-order valence-corrected chi connectivity index (χ4v) is 2.73. The van der Waals surface area contributed by atoms with E-state index in [2.05, 4.69) is 12.2 Å². The van der Waals surface area contributed by atoms with Crippen LogP contribution in [0.1, 0.15) is 19.8 Å². The molecule has 0 spiro atoms. The molecule has 0 aliphatic carbocycles. The molecule has 1 aromatic carbocycles. The van der Waals surface area contributed by atoms with Gasteiger partial charge in [-0.15, -0.1) is 0 Å². The summed E-state index contributed by atoms with van der Waals surface area (Å²) in [6.07, 6.45) is 3.90. The molecule has 1 aliphatic rings. The van der Waals surface area contributed by atoms with E-state index in [4.69, 9.17) is 23.2 Å². The zero-order valence-corrected chi connectivity index (χ0v) is 13.8. The zero-order chi connectivity index (χ0) is 16.1. The topological polar surface area (TPSA) is 56.1 Å². The number of halogens is 2. The molecule has 4 nitrogen and oxygen atoms in total. The second-order valence-corrected chi connectivity index (χ2v) is 6.29. The summed E-state index contributed by atoms with van der Waals surface area (Å²) in [5.74, 6) is 0.127. The normalized spacial score (nSPS) is 18.7. The van der Waals surface area contributed by atoms with E-state index in [1.54, 1.807) is 24.4 Å². The van der Waals surface area contributed by atoms with E-state index < -0.39 is 5.91 Å². The maximum atomic E-state index is 12.2. The Bertz CT molecular complexity index is 637. The lowest BCUT2D eigenvalue weighted by Gasteiger charge is -2.29. The number of anilines is 1. The van der Waals surface area contributed by atoms with Crippen molar-refractivity contribution in [3.05, 3.63) is 40.0 Å². The highest BCUT2D eigenvalue weighted by Crippen LogP contribution is 2.25. The Morgan fingerprint density at radius 3 is 2.86 bits per heavy atom. The highest BCUT2D eigenvalue weighted by Gasteiger charge is 2.17. The number of nitrogens with zero attached hydrogens (tertiary/aromatic N) is 2. The summed E-state index contributed by atoms with van der Waals surface area (Å²) in [7, 11) is 0. The van der Waals surface area contributed by atoms with Crippen LogP contribution in [0.25, 0.3) is 0 Å². The van der Waals surface area contributed by atoms with Gasteiger partial charge in [-0.25, -0.2) is 0 Å².